The molecule has 6 heteroatoms. The molecule has 0 heterocycles. The van der Waals surface area contributed by atoms with Crippen molar-refractivity contribution in [2.24, 2.45) is 5.41 Å². The number of carbonyl (C=O) groups excluding carboxylic acids is 1. The van der Waals surface area contributed by atoms with E-state index in [2.05, 4.69) is 42.0 Å². The molecule has 116 valence electrons. The number of benzene rings is 1. The minimum Gasteiger partial charge on any atom is -0.478 e. The second-order valence-corrected chi connectivity index (χ2v) is 6.94. The van der Waals surface area contributed by atoms with Gasteiger partial charge in [0.05, 0.1) is 11.3 Å². The molecule has 0 bridgehead atoms. The summed E-state index contributed by atoms with van der Waals surface area (Å²) in [4.78, 5) is 24.8. The molecule has 1 aromatic rings. The number of carbonyl (C=O) groups is 2. The van der Waals surface area contributed by atoms with Crippen LogP contribution in [0.4, 0.5) is 10.5 Å². The van der Waals surface area contributed by atoms with Gasteiger partial charge in [0.15, 0.2) is 0 Å². The molecule has 1 rings (SSSR count). The summed E-state index contributed by atoms with van der Waals surface area (Å²) in [6.45, 7) is 8.19. The van der Waals surface area contributed by atoms with Crippen molar-refractivity contribution in [1.82, 2.24) is 4.90 Å². The van der Waals surface area contributed by atoms with E-state index in [-0.39, 0.29) is 23.1 Å². The number of halogens is 1. The zero-order chi connectivity index (χ0) is 16.4. The second kappa shape index (κ2) is 6.47. The van der Waals surface area contributed by atoms with Gasteiger partial charge in [-0.05, 0) is 46.5 Å². The van der Waals surface area contributed by atoms with Crippen LogP contribution >= 0.6 is 15.9 Å². The molecule has 0 saturated heterocycles. The first-order valence-electron chi connectivity index (χ1n) is 6.60. The quantitative estimate of drug-likeness (QED) is 0.858. The van der Waals surface area contributed by atoms with Gasteiger partial charge in [-0.1, -0.05) is 20.8 Å². The molecule has 0 radical (unpaired) electrons. The van der Waals surface area contributed by atoms with Gasteiger partial charge < -0.3 is 15.3 Å². The zero-order valence-electron chi connectivity index (χ0n) is 12.9. The van der Waals surface area contributed by atoms with Gasteiger partial charge in [0.2, 0.25) is 0 Å². The smallest absolute Gasteiger partial charge is 0.335 e. The molecule has 1 aromatic carbocycles. The summed E-state index contributed by atoms with van der Waals surface area (Å²) in [7, 11) is 1.74. The van der Waals surface area contributed by atoms with Crippen LogP contribution in [0.25, 0.3) is 0 Å². The van der Waals surface area contributed by atoms with Crippen molar-refractivity contribution in [2.45, 2.75) is 33.7 Å². The van der Waals surface area contributed by atoms with Gasteiger partial charge in [-0.15, -0.1) is 0 Å². The van der Waals surface area contributed by atoms with E-state index in [0.717, 1.165) is 0 Å². The number of aromatic carboxylic acids is 1. The Hall–Kier alpha value is -1.56. The van der Waals surface area contributed by atoms with Crippen LogP contribution in [0.3, 0.4) is 0 Å². The summed E-state index contributed by atoms with van der Waals surface area (Å²) < 4.78 is 0.535. The van der Waals surface area contributed by atoms with E-state index in [1.54, 1.807) is 18.0 Å². The molecule has 2 N–H and O–H groups in total. The Labute approximate surface area is 133 Å². The summed E-state index contributed by atoms with van der Waals surface area (Å²) in [5.41, 5.74) is 0.672. The average Bonchev–Trinajstić information content (AvgIpc) is 2.37. The van der Waals surface area contributed by atoms with Gasteiger partial charge in [-0.25, -0.2) is 9.59 Å². The molecule has 0 aliphatic rings. The molecule has 0 spiro atoms. The van der Waals surface area contributed by atoms with Gasteiger partial charge in [-0.2, -0.15) is 0 Å². The first-order chi connectivity index (χ1) is 9.54. The Morgan fingerprint density at radius 2 is 1.90 bits per heavy atom. The normalized spacial score (nSPS) is 12.7. The first-order valence-corrected chi connectivity index (χ1v) is 7.40. The topological polar surface area (TPSA) is 69.6 Å². The SMILES string of the molecule is CC(N(C)C(=O)Nc1ccc(C(=O)O)cc1Br)C(C)(C)C. The van der Waals surface area contributed by atoms with Crippen molar-refractivity contribution in [3.63, 3.8) is 0 Å². The zero-order valence-corrected chi connectivity index (χ0v) is 14.5. The standard InChI is InChI=1S/C15H21BrN2O3/c1-9(15(2,3)4)18(5)14(21)17-12-7-6-10(13(19)20)8-11(12)16/h6-9H,1-5H3,(H,17,21)(H,19,20). The maximum Gasteiger partial charge on any atom is 0.335 e. The number of urea groups is 1. The highest BCUT2D eigenvalue weighted by Crippen LogP contribution is 2.26. The van der Waals surface area contributed by atoms with E-state index >= 15 is 0 Å². The Bertz CT molecular complexity index is 552. The van der Waals surface area contributed by atoms with E-state index in [9.17, 15) is 9.59 Å². The summed E-state index contributed by atoms with van der Waals surface area (Å²) in [6, 6.07) is 4.30. The predicted molar refractivity (Wildman–Crippen MR) is 86.8 cm³/mol. The number of carboxylic acid groups (broad SMARTS) is 1. The Morgan fingerprint density at radius 3 is 2.33 bits per heavy atom. The van der Waals surface area contributed by atoms with Gasteiger partial charge in [0.1, 0.15) is 0 Å². The van der Waals surface area contributed by atoms with Gasteiger partial charge in [-0.3, -0.25) is 0 Å². The summed E-state index contributed by atoms with van der Waals surface area (Å²) >= 11 is 3.27. The first kappa shape index (κ1) is 17.5. The summed E-state index contributed by atoms with van der Waals surface area (Å²) in [5.74, 6) is -1.01. The number of hydrogen-bond acceptors (Lipinski definition) is 2. The number of rotatable bonds is 3. The van der Waals surface area contributed by atoms with Crippen LogP contribution in [0.1, 0.15) is 38.1 Å². The molecule has 5 nitrogen and oxygen atoms in total. The fourth-order valence-electron chi connectivity index (χ4n) is 1.71. The fourth-order valence-corrected chi connectivity index (χ4v) is 2.19. The van der Waals surface area contributed by atoms with Gasteiger partial charge in [0.25, 0.3) is 0 Å². The lowest BCUT2D eigenvalue weighted by Gasteiger charge is -2.35. The van der Waals surface area contributed by atoms with Gasteiger partial charge in [0, 0.05) is 17.6 Å². The van der Waals surface area contributed by atoms with Crippen molar-refractivity contribution in [1.29, 1.82) is 0 Å². The van der Waals surface area contributed by atoms with Crippen LogP contribution in [0.15, 0.2) is 22.7 Å². The molecular formula is C15H21BrN2O3. The monoisotopic (exact) mass is 356 g/mol. The Morgan fingerprint density at radius 1 is 1.33 bits per heavy atom. The van der Waals surface area contributed by atoms with Crippen LogP contribution in [0, 0.1) is 5.41 Å². The molecule has 1 unspecified atom stereocenters. The van der Waals surface area contributed by atoms with Crippen molar-refractivity contribution >= 4 is 33.6 Å². The number of nitrogens with zero attached hydrogens (tertiary/aromatic N) is 1. The molecule has 0 aliphatic carbocycles. The predicted octanol–water partition coefficient (Wildman–Crippen LogP) is 4.05. The van der Waals surface area contributed by atoms with E-state index in [1.165, 1.54) is 12.1 Å². The highest BCUT2D eigenvalue weighted by Gasteiger charge is 2.27. The summed E-state index contributed by atoms with van der Waals surface area (Å²) in [5, 5.41) is 11.7. The van der Waals surface area contributed by atoms with Crippen molar-refractivity contribution in [2.75, 3.05) is 12.4 Å². The third-order valence-corrected chi connectivity index (χ3v) is 4.27. The van der Waals surface area contributed by atoms with Crippen LogP contribution in [-0.2, 0) is 0 Å². The third kappa shape index (κ3) is 4.46. The average molecular weight is 357 g/mol. The van der Waals surface area contributed by atoms with Crippen LogP contribution in [0.2, 0.25) is 0 Å². The Balaban J connectivity index is 2.87. The van der Waals surface area contributed by atoms with E-state index in [1.807, 2.05) is 6.92 Å². The van der Waals surface area contributed by atoms with E-state index in [0.29, 0.717) is 10.2 Å². The van der Waals surface area contributed by atoms with Crippen LogP contribution < -0.4 is 5.32 Å². The van der Waals surface area contributed by atoms with Crippen molar-refractivity contribution < 1.29 is 14.7 Å². The maximum atomic E-state index is 12.2. The highest BCUT2D eigenvalue weighted by molar-refractivity contribution is 9.10. The van der Waals surface area contributed by atoms with Crippen LogP contribution in [-0.4, -0.2) is 35.1 Å². The highest BCUT2D eigenvalue weighted by atomic mass is 79.9. The number of anilines is 1. The lowest BCUT2D eigenvalue weighted by Crippen LogP contribution is -2.44. The Kier molecular flexibility index (Phi) is 5.39. The fraction of sp³-hybridized carbons (Fsp3) is 0.467. The molecule has 0 aliphatic heterocycles. The maximum absolute atomic E-state index is 12.2. The lowest BCUT2D eigenvalue weighted by molar-refractivity contribution is 0.0697. The molecule has 21 heavy (non-hydrogen) atoms. The van der Waals surface area contributed by atoms with Crippen molar-refractivity contribution in [3.05, 3.63) is 28.2 Å². The molecule has 0 aromatic heterocycles. The van der Waals surface area contributed by atoms with E-state index in [4.69, 9.17) is 5.11 Å². The van der Waals surface area contributed by atoms with Crippen LogP contribution in [0.5, 0.6) is 0 Å². The summed E-state index contributed by atoms with van der Waals surface area (Å²) in [6.07, 6.45) is 0. The van der Waals surface area contributed by atoms with E-state index < -0.39 is 5.97 Å². The minimum absolute atomic E-state index is 0.0313. The minimum atomic E-state index is -1.01. The molecule has 1 atom stereocenters. The lowest BCUT2D eigenvalue weighted by atomic mass is 9.87. The number of carboxylic acids is 1. The third-order valence-electron chi connectivity index (χ3n) is 3.61. The number of amides is 2. The molecule has 0 fully saturated rings. The molecule has 0 saturated carbocycles. The van der Waals surface area contributed by atoms with Gasteiger partial charge >= 0.3 is 12.0 Å². The number of hydrogen-bond donors (Lipinski definition) is 2. The molecular weight excluding hydrogens is 336 g/mol. The number of nitrogens with one attached hydrogen (secondary N) is 1. The second-order valence-electron chi connectivity index (χ2n) is 6.08. The molecule has 2 amide bonds. The van der Waals surface area contributed by atoms with Crippen molar-refractivity contribution in [3.8, 4) is 0 Å². The largest absolute Gasteiger partial charge is 0.478 e.